The van der Waals surface area contributed by atoms with E-state index in [1.807, 2.05) is 4.68 Å². The second kappa shape index (κ2) is 7.01. The first-order chi connectivity index (χ1) is 13.3. The number of nitrogens with one attached hydrogen (secondary N) is 1. The van der Waals surface area contributed by atoms with Gasteiger partial charge in [0.15, 0.2) is 0 Å². The number of hydrogen-bond acceptors (Lipinski definition) is 4. The van der Waals surface area contributed by atoms with Crippen molar-refractivity contribution in [2.24, 2.45) is 0 Å². The highest BCUT2D eigenvalue weighted by atomic mass is 35.5. The third-order valence-corrected chi connectivity index (χ3v) is 5.12. The Morgan fingerprint density at radius 1 is 1.43 bits per heavy atom. The minimum absolute atomic E-state index is 0.262. The molecule has 0 radical (unpaired) electrons. The molecule has 0 aliphatic heterocycles. The van der Waals surface area contributed by atoms with Gasteiger partial charge >= 0.3 is 0 Å². The molecule has 0 unspecified atom stereocenters. The molecule has 146 valence electrons. The van der Waals surface area contributed by atoms with Crippen LogP contribution in [0.15, 0.2) is 29.2 Å². The van der Waals surface area contributed by atoms with Crippen LogP contribution in [0.3, 0.4) is 0 Å². The van der Waals surface area contributed by atoms with Gasteiger partial charge in [0.05, 0.1) is 34.9 Å². The van der Waals surface area contributed by atoms with Gasteiger partial charge in [-0.25, -0.2) is 9.07 Å². The second-order valence-electron chi connectivity index (χ2n) is 7.08. The Morgan fingerprint density at radius 2 is 2.18 bits per heavy atom. The van der Waals surface area contributed by atoms with Crippen molar-refractivity contribution in [3.8, 4) is 0 Å². The molecule has 1 saturated carbocycles. The predicted molar refractivity (Wildman–Crippen MR) is 103 cm³/mol. The van der Waals surface area contributed by atoms with E-state index < -0.39 is 17.8 Å². The summed E-state index contributed by atoms with van der Waals surface area (Å²) < 4.78 is 17.0. The quantitative estimate of drug-likeness (QED) is 0.710. The van der Waals surface area contributed by atoms with Crippen molar-refractivity contribution in [3.05, 3.63) is 56.8 Å². The zero-order chi connectivity index (χ0) is 20.0. The zero-order valence-corrected chi connectivity index (χ0v) is 16.2. The van der Waals surface area contributed by atoms with E-state index in [0.717, 1.165) is 17.5 Å². The number of rotatable bonds is 5. The van der Waals surface area contributed by atoms with Crippen LogP contribution in [0, 0.1) is 12.7 Å². The van der Waals surface area contributed by atoms with E-state index in [2.05, 4.69) is 15.5 Å². The van der Waals surface area contributed by atoms with E-state index >= 15 is 0 Å². The van der Waals surface area contributed by atoms with E-state index in [1.54, 1.807) is 26.1 Å². The summed E-state index contributed by atoms with van der Waals surface area (Å²) in [5.74, 6) is -0.942. The summed E-state index contributed by atoms with van der Waals surface area (Å²) in [6, 6.07) is 4.02. The first-order valence-electron chi connectivity index (χ1n) is 9.04. The summed E-state index contributed by atoms with van der Waals surface area (Å²) in [5.41, 5.74) is 1.27. The Bertz CT molecular complexity index is 1140. The summed E-state index contributed by atoms with van der Waals surface area (Å²) >= 11 is 5.76. The van der Waals surface area contributed by atoms with Crippen molar-refractivity contribution >= 4 is 28.4 Å². The average molecular weight is 404 g/mol. The molecule has 3 aromatic rings. The van der Waals surface area contributed by atoms with Crippen LogP contribution in [-0.4, -0.2) is 25.5 Å². The molecule has 0 spiro atoms. The Labute approximate surface area is 165 Å². The summed E-state index contributed by atoms with van der Waals surface area (Å²) in [6.07, 6.45) is 3.66. The van der Waals surface area contributed by atoms with Crippen molar-refractivity contribution in [1.82, 2.24) is 24.9 Å². The number of hydrogen-bond donors (Lipinski definition) is 1. The highest BCUT2D eigenvalue weighted by molar-refractivity contribution is 6.30. The minimum Gasteiger partial charge on any atom is -0.348 e. The van der Waals surface area contributed by atoms with E-state index in [4.69, 9.17) is 11.6 Å². The van der Waals surface area contributed by atoms with E-state index in [0.29, 0.717) is 28.2 Å². The van der Waals surface area contributed by atoms with Crippen LogP contribution >= 0.6 is 11.6 Å². The van der Waals surface area contributed by atoms with Gasteiger partial charge < -0.3 is 5.32 Å². The number of carbonyl (C=O) groups is 1. The normalized spacial score (nSPS) is 15.0. The molecular formula is C19H19ClFN5O2. The van der Waals surface area contributed by atoms with Gasteiger partial charge in [0, 0.05) is 10.6 Å². The van der Waals surface area contributed by atoms with Gasteiger partial charge in [-0.15, -0.1) is 0 Å². The number of benzene rings is 1. The number of carbonyl (C=O) groups excluding carboxylic acids is 1. The van der Waals surface area contributed by atoms with Crippen molar-refractivity contribution < 1.29 is 9.18 Å². The molecule has 1 amide bonds. The smallest absolute Gasteiger partial charge is 0.278 e. The third kappa shape index (κ3) is 3.40. The van der Waals surface area contributed by atoms with Crippen molar-refractivity contribution in [2.75, 3.05) is 0 Å². The lowest BCUT2D eigenvalue weighted by molar-refractivity contribution is -0.122. The number of halogens is 2. The van der Waals surface area contributed by atoms with Crippen LogP contribution < -0.4 is 10.9 Å². The molecule has 9 heteroatoms. The highest BCUT2D eigenvalue weighted by Crippen LogP contribution is 2.36. The highest BCUT2D eigenvalue weighted by Gasteiger charge is 2.28. The van der Waals surface area contributed by atoms with Gasteiger partial charge in [-0.2, -0.15) is 10.2 Å². The molecule has 2 heterocycles. The molecule has 1 aliphatic rings. The van der Waals surface area contributed by atoms with Crippen LogP contribution in [0.25, 0.3) is 10.9 Å². The van der Waals surface area contributed by atoms with Crippen LogP contribution in [0.2, 0.25) is 5.02 Å². The molecule has 1 aromatic carbocycles. The predicted octanol–water partition coefficient (Wildman–Crippen LogP) is 2.91. The molecule has 0 saturated heterocycles. The Hall–Kier alpha value is -2.74. The monoisotopic (exact) mass is 403 g/mol. The Kier molecular flexibility index (Phi) is 4.66. The molecule has 1 N–H and O–H groups in total. The maximum absolute atomic E-state index is 14.0. The fourth-order valence-corrected chi connectivity index (χ4v) is 3.48. The van der Waals surface area contributed by atoms with Crippen LogP contribution in [-0.2, 0) is 11.3 Å². The van der Waals surface area contributed by atoms with Gasteiger partial charge in [-0.1, -0.05) is 17.7 Å². The summed E-state index contributed by atoms with van der Waals surface area (Å²) in [7, 11) is 0. The van der Waals surface area contributed by atoms with E-state index in [9.17, 15) is 14.0 Å². The zero-order valence-electron chi connectivity index (χ0n) is 15.4. The molecule has 1 atom stereocenters. The molecule has 4 rings (SSSR count). The molecule has 1 aliphatic carbocycles. The van der Waals surface area contributed by atoms with Gasteiger partial charge in [-0.3, -0.25) is 14.3 Å². The maximum Gasteiger partial charge on any atom is 0.278 e. The van der Waals surface area contributed by atoms with Crippen LogP contribution in [0.4, 0.5) is 4.39 Å². The lowest BCUT2D eigenvalue weighted by Gasteiger charge is -2.15. The van der Waals surface area contributed by atoms with Crippen molar-refractivity contribution in [2.45, 2.75) is 45.3 Å². The molecule has 2 aromatic heterocycles. The van der Waals surface area contributed by atoms with Crippen LogP contribution in [0.5, 0.6) is 0 Å². The number of aromatic nitrogens is 4. The van der Waals surface area contributed by atoms with Crippen molar-refractivity contribution in [3.63, 3.8) is 0 Å². The summed E-state index contributed by atoms with van der Waals surface area (Å²) in [5, 5.41) is 12.0. The second-order valence-corrected chi connectivity index (χ2v) is 7.52. The Balaban J connectivity index is 1.54. The van der Waals surface area contributed by atoms with E-state index in [1.165, 1.54) is 12.1 Å². The summed E-state index contributed by atoms with van der Waals surface area (Å²) in [6.45, 7) is 3.17. The minimum atomic E-state index is -0.580. The number of amides is 1. The maximum atomic E-state index is 14.0. The van der Waals surface area contributed by atoms with Gasteiger partial charge in [0.2, 0.25) is 5.91 Å². The van der Waals surface area contributed by atoms with Gasteiger partial charge in [0.1, 0.15) is 12.4 Å². The first-order valence-corrected chi connectivity index (χ1v) is 9.42. The van der Waals surface area contributed by atoms with E-state index in [-0.39, 0.29) is 17.1 Å². The lowest BCUT2D eigenvalue weighted by Crippen LogP contribution is -2.35. The standard InChI is InChI=1S/C19H19ClFN5O2/c1-10(14-6-3-12(20)7-15(14)21)23-17(27)9-25-19(28)18-11(2)24-26(13-4-5-13)16(18)8-22-25/h3,6-8,10,13H,4-5,9H2,1-2H3,(H,23,27)/t10-/m0/s1. The fourth-order valence-electron chi connectivity index (χ4n) is 3.32. The van der Waals surface area contributed by atoms with Crippen molar-refractivity contribution in [1.29, 1.82) is 0 Å². The first kappa shape index (κ1) is 18.6. The summed E-state index contributed by atoms with van der Waals surface area (Å²) in [4.78, 5) is 25.2. The molecular weight excluding hydrogens is 385 g/mol. The topological polar surface area (TPSA) is 81.8 Å². The lowest BCUT2D eigenvalue weighted by atomic mass is 10.1. The SMILES string of the molecule is Cc1nn(C2CC2)c2cnn(CC(=O)N[C@@H](C)c3ccc(Cl)cc3F)c(=O)c12. The molecule has 0 bridgehead atoms. The van der Waals surface area contributed by atoms with Gasteiger partial charge in [-0.05, 0) is 38.8 Å². The molecule has 28 heavy (non-hydrogen) atoms. The largest absolute Gasteiger partial charge is 0.348 e. The fraction of sp³-hybridized carbons (Fsp3) is 0.368. The number of nitrogens with zero attached hydrogens (tertiary/aromatic N) is 4. The number of aryl methyl sites for hydroxylation is 1. The van der Waals surface area contributed by atoms with Crippen LogP contribution in [0.1, 0.15) is 43.1 Å². The Morgan fingerprint density at radius 3 is 2.86 bits per heavy atom. The average Bonchev–Trinajstić information content (AvgIpc) is 3.41. The van der Waals surface area contributed by atoms with Gasteiger partial charge in [0.25, 0.3) is 5.56 Å². The number of fused-ring (bicyclic) bond motifs is 1. The molecule has 1 fully saturated rings. The third-order valence-electron chi connectivity index (χ3n) is 4.88. The molecule has 7 nitrogen and oxygen atoms in total.